The minimum atomic E-state index is -3.41. The largest absolute Gasteiger partial charge is 0.364 e. The van der Waals surface area contributed by atoms with Crippen LogP contribution in [0.5, 0.6) is 0 Å². The molecule has 0 aromatic carbocycles. The van der Waals surface area contributed by atoms with Crippen molar-refractivity contribution in [3.05, 3.63) is 0 Å². The van der Waals surface area contributed by atoms with Crippen molar-refractivity contribution in [2.75, 3.05) is 12.5 Å². The number of ether oxygens (including phenoxy) is 1. The number of hydrogen-bond acceptors (Lipinski definition) is 3. The van der Waals surface area contributed by atoms with Gasteiger partial charge in [-0.2, -0.15) is 0 Å². The average Bonchev–Trinajstić information content (AvgIpc) is 1.59. The van der Waals surface area contributed by atoms with Crippen molar-refractivity contribution < 1.29 is 13.2 Å². The van der Waals surface area contributed by atoms with Crippen LogP contribution in [0.1, 0.15) is 6.92 Å². The topological polar surface area (TPSA) is 69.4 Å². The molecule has 0 spiro atoms. The molecule has 8 heavy (non-hydrogen) atoms. The van der Waals surface area contributed by atoms with Crippen LogP contribution in [0.2, 0.25) is 0 Å². The highest BCUT2D eigenvalue weighted by atomic mass is 32.2. The zero-order chi connectivity index (χ0) is 6.62. The maximum Gasteiger partial charge on any atom is 0.233 e. The summed E-state index contributed by atoms with van der Waals surface area (Å²) in [5, 5.41) is 4.57. The summed E-state index contributed by atoms with van der Waals surface area (Å²) >= 11 is 0. The Hall–Kier alpha value is -0.130. The third-order valence-electron chi connectivity index (χ3n) is 0.452. The lowest BCUT2D eigenvalue weighted by Crippen LogP contribution is -2.18. The Balaban J connectivity index is 3.42. The third-order valence-corrected chi connectivity index (χ3v) is 0.947. The van der Waals surface area contributed by atoms with Crippen LogP contribution in [0.15, 0.2) is 0 Å². The first-order valence-electron chi connectivity index (χ1n) is 2.14. The molecule has 0 heterocycles. The van der Waals surface area contributed by atoms with E-state index < -0.39 is 10.0 Å². The molecule has 0 aliphatic rings. The van der Waals surface area contributed by atoms with E-state index in [2.05, 4.69) is 9.88 Å². The van der Waals surface area contributed by atoms with Crippen LogP contribution < -0.4 is 5.14 Å². The van der Waals surface area contributed by atoms with Gasteiger partial charge in [-0.05, 0) is 6.92 Å². The first-order chi connectivity index (χ1) is 3.56. The molecule has 0 unspecified atom stereocenters. The molecular formula is C3H9NO3S. The van der Waals surface area contributed by atoms with Gasteiger partial charge in [-0.15, -0.1) is 0 Å². The molecule has 50 valence electrons. The van der Waals surface area contributed by atoms with Gasteiger partial charge in [0, 0.05) is 6.61 Å². The predicted octanol–water partition coefficient (Wildman–Crippen LogP) is -0.731. The molecule has 0 fully saturated rings. The monoisotopic (exact) mass is 139 g/mol. The second-order valence-electron chi connectivity index (χ2n) is 1.27. The standard InChI is InChI=1S/C3H9NO3S/c1-2-7-3-8(4,5)6/h2-3H2,1H3,(H2,4,5,6). The molecule has 0 aliphatic carbocycles. The van der Waals surface area contributed by atoms with Crippen LogP contribution in [-0.4, -0.2) is 21.0 Å². The fourth-order valence-corrected chi connectivity index (χ4v) is 0.598. The zero-order valence-electron chi connectivity index (χ0n) is 4.62. The van der Waals surface area contributed by atoms with E-state index in [9.17, 15) is 8.42 Å². The van der Waals surface area contributed by atoms with Gasteiger partial charge in [-0.25, -0.2) is 13.6 Å². The molecule has 0 bridgehead atoms. The van der Waals surface area contributed by atoms with Gasteiger partial charge in [-0.1, -0.05) is 0 Å². The van der Waals surface area contributed by atoms with Crippen LogP contribution in [0.4, 0.5) is 0 Å². The molecule has 0 saturated carbocycles. The number of nitrogens with two attached hydrogens (primary N) is 1. The summed E-state index contributed by atoms with van der Waals surface area (Å²) in [5.74, 6) is -0.385. The van der Waals surface area contributed by atoms with Crippen molar-refractivity contribution in [3.8, 4) is 0 Å². The highest BCUT2D eigenvalue weighted by Crippen LogP contribution is 1.77. The lowest BCUT2D eigenvalue weighted by molar-refractivity contribution is 0.192. The predicted molar refractivity (Wildman–Crippen MR) is 29.6 cm³/mol. The number of primary sulfonamides is 1. The molecule has 0 aromatic heterocycles. The summed E-state index contributed by atoms with van der Waals surface area (Å²) in [6.45, 7) is 2.07. The SMILES string of the molecule is CCOCS(N)(=O)=O. The van der Waals surface area contributed by atoms with E-state index in [-0.39, 0.29) is 5.94 Å². The van der Waals surface area contributed by atoms with Crippen LogP contribution in [-0.2, 0) is 14.8 Å². The third kappa shape index (κ3) is 5.87. The van der Waals surface area contributed by atoms with E-state index in [1.54, 1.807) is 6.92 Å². The Morgan fingerprint density at radius 1 is 1.62 bits per heavy atom. The summed E-state index contributed by atoms with van der Waals surface area (Å²) in [6.07, 6.45) is 0. The molecule has 0 radical (unpaired) electrons. The van der Waals surface area contributed by atoms with Crippen LogP contribution in [0, 0.1) is 0 Å². The lowest BCUT2D eigenvalue weighted by Gasteiger charge is -1.94. The number of hydrogen-bond donors (Lipinski definition) is 1. The zero-order valence-corrected chi connectivity index (χ0v) is 5.44. The highest BCUT2D eigenvalue weighted by Gasteiger charge is 1.98. The summed E-state index contributed by atoms with van der Waals surface area (Å²) in [5.41, 5.74) is 0. The maximum absolute atomic E-state index is 10.0. The molecule has 0 aliphatic heterocycles. The van der Waals surface area contributed by atoms with Crippen LogP contribution >= 0.6 is 0 Å². The molecule has 4 nitrogen and oxygen atoms in total. The highest BCUT2D eigenvalue weighted by molar-refractivity contribution is 7.88. The van der Waals surface area contributed by atoms with Gasteiger partial charge in [0.15, 0.2) is 5.94 Å². The van der Waals surface area contributed by atoms with Gasteiger partial charge in [-0.3, -0.25) is 0 Å². The minimum Gasteiger partial charge on any atom is -0.364 e. The molecular weight excluding hydrogens is 130 g/mol. The minimum absolute atomic E-state index is 0.371. The normalized spacial score (nSPS) is 11.8. The van der Waals surface area contributed by atoms with E-state index in [4.69, 9.17) is 0 Å². The van der Waals surface area contributed by atoms with E-state index in [0.29, 0.717) is 6.61 Å². The first-order valence-corrected chi connectivity index (χ1v) is 3.86. The van der Waals surface area contributed by atoms with Gasteiger partial charge >= 0.3 is 0 Å². The molecule has 0 atom stereocenters. The second kappa shape index (κ2) is 3.01. The smallest absolute Gasteiger partial charge is 0.233 e. The average molecular weight is 139 g/mol. The quantitative estimate of drug-likeness (QED) is 0.560. The van der Waals surface area contributed by atoms with Gasteiger partial charge < -0.3 is 4.74 Å². The van der Waals surface area contributed by atoms with Crippen LogP contribution in [0.25, 0.3) is 0 Å². The second-order valence-corrected chi connectivity index (χ2v) is 2.83. The van der Waals surface area contributed by atoms with Crippen molar-refractivity contribution in [3.63, 3.8) is 0 Å². The Bertz CT molecular complexity index is 139. The molecule has 0 rings (SSSR count). The molecule has 0 saturated heterocycles. The first kappa shape index (κ1) is 7.87. The summed E-state index contributed by atoms with van der Waals surface area (Å²) in [7, 11) is -3.41. The Labute approximate surface area is 48.7 Å². The number of sulfonamides is 1. The van der Waals surface area contributed by atoms with Crippen molar-refractivity contribution in [2.45, 2.75) is 6.92 Å². The summed E-state index contributed by atoms with van der Waals surface area (Å²) < 4.78 is 24.6. The van der Waals surface area contributed by atoms with E-state index in [0.717, 1.165) is 0 Å². The summed E-state index contributed by atoms with van der Waals surface area (Å²) in [6, 6.07) is 0. The Kier molecular flexibility index (Phi) is 2.96. The van der Waals surface area contributed by atoms with Gasteiger partial charge in [0.05, 0.1) is 0 Å². The fourth-order valence-electron chi connectivity index (χ4n) is 0.199. The van der Waals surface area contributed by atoms with E-state index in [1.165, 1.54) is 0 Å². The van der Waals surface area contributed by atoms with E-state index >= 15 is 0 Å². The summed E-state index contributed by atoms with van der Waals surface area (Å²) in [4.78, 5) is 0. The van der Waals surface area contributed by atoms with Gasteiger partial charge in [0.1, 0.15) is 0 Å². The van der Waals surface area contributed by atoms with Crippen molar-refractivity contribution in [1.29, 1.82) is 0 Å². The Morgan fingerprint density at radius 3 is 2.25 bits per heavy atom. The van der Waals surface area contributed by atoms with E-state index in [1.807, 2.05) is 0 Å². The maximum atomic E-state index is 10.0. The Morgan fingerprint density at radius 2 is 2.12 bits per heavy atom. The lowest BCUT2D eigenvalue weighted by atomic mass is 10.9. The van der Waals surface area contributed by atoms with Gasteiger partial charge in [0.25, 0.3) is 0 Å². The van der Waals surface area contributed by atoms with Gasteiger partial charge in [0.2, 0.25) is 10.0 Å². The number of rotatable bonds is 3. The van der Waals surface area contributed by atoms with Crippen molar-refractivity contribution in [2.24, 2.45) is 5.14 Å². The van der Waals surface area contributed by atoms with Crippen LogP contribution in [0.3, 0.4) is 0 Å². The van der Waals surface area contributed by atoms with Crippen molar-refractivity contribution >= 4 is 10.0 Å². The molecule has 2 N–H and O–H groups in total. The fraction of sp³-hybridized carbons (Fsp3) is 1.00. The molecule has 0 amide bonds. The van der Waals surface area contributed by atoms with Crippen molar-refractivity contribution in [1.82, 2.24) is 0 Å². The molecule has 5 heteroatoms. The molecule has 0 aromatic rings.